The third kappa shape index (κ3) is 2.43. The molecule has 7 heteroatoms. The standard InChI is InChI=1S/C14H14N4O2S/c1-18-7-8(6-16-18)17-14(19)13-12(15)10-4-3-9(20-2)5-11(10)21-13/h3-7H,15H2,1-2H3,(H,17,19). The third-order valence-electron chi connectivity index (χ3n) is 3.10. The summed E-state index contributed by atoms with van der Waals surface area (Å²) < 4.78 is 7.72. The Morgan fingerprint density at radius 1 is 1.48 bits per heavy atom. The van der Waals surface area contributed by atoms with E-state index < -0.39 is 0 Å². The van der Waals surface area contributed by atoms with E-state index in [2.05, 4.69) is 10.4 Å². The van der Waals surface area contributed by atoms with E-state index in [0.29, 0.717) is 16.3 Å². The van der Waals surface area contributed by atoms with Crippen LogP contribution in [-0.2, 0) is 7.05 Å². The van der Waals surface area contributed by atoms with Crippen molar-refractivity contribution in [3.8, 4) is 5.75 Å². The lowest BCUT2D eigenvalue weighted by Gasteiger charge is -2.00. The molecular weight excluding hydrogens is 288 g/mol. The number of nitrogen functional groups attached to an aromatic ring is 1. The molecule has 0 radical (unpaired) electrons. The van der Waals surface area contributed by atoms with Gasteiger partial charge in [0.1, 0.15) is 10.6 Å². The molecular formula is C14H14N4O2S. The molecule has 3 N–H and O–H groups in total. The highest BCUT2D eigenvalue weighted by atomic mass is 32.1. The van der Waals surface area contributed by atoms with Gasteiger partial charge in [-0.05, 0) is 18.2 Å². The Hall–Kier alpha value is -2.54. The molecule has 0 saturated carbocycles. The van der Waals surface area contributed by atoms with E-state index >= 15 is 0 Å². The zero-order valence-electron chi connectivity index (χ0n) is 11.6. The first-order valence-corrected chi connectivity index (χ1v) is 7.06. The molecule has 21 heavy (non-hydrogen) atoms. The van der Waals surface area contributed by atoms with Crippen LogP contribution in [0.2, 0.25) is 0 Å². The lowest BCUT2D eigenvalue weighted by molar-refractivity contribution is 0.103. The summed E-state index contributed by atoms with van der Waals surface area (Å²) in [7, 11) is 3.39. The first kappa shape index (κ1) is 13.4. The van der Waals surface area contributed by atoms with Gasteiger partial charge in [0.15, 0.2) is 0 Å². The van der Waals surface area contributed by atoms with Gasteiger partial charge in [0.2, 0.25) is 0 Å². The quantitative estimate of drug-likeness (QED) is 0.778. The number of aryl methyl sites for hydroxylation is 1. The third-order valence-corrected chi connectivity index (χ3v) is 4.27. The van der Waals surface area contributed by atoms with Crippen LogP contribution in [0.15, 0.2) is 30.6 Å². The first-order valence-electron chi connectivity index (χ1n) is 6.24. The molecule has 108 valence electrons. The van der Waals surface area contributed by atoms with Gasteiger partial charge in [0.05, 0.1) is 24.7 Å². The molecule has 2 heterocycles. The number of methoxy groups -OCH3 is 1. The summed E-state index contributed by atoms with van der Waals surface area (Å²) in [6.07, 6.45) is 3.31. The van der Waals surface area contributed by atoms with Gasteiger partial charge in [0.25, 0.3) is 5.91 Å². The number of benzene rings is 1. The molecule has 0 saturated heterocycles. The summed E-state index contributed by atoms with van der Waals surface area (Å²) in [5, 5.41) is 7.65. The van der Waals surface area contributed by atoms with Crippen molar-refractivity contribution in [2.75, 3.05) is 18.2 Å². The number of hydrogen-bond acceptors (Lipinski definition) is 5. The van der Waals surface area contributed by atoms with E-state index in [1.807, 2.05) is 18.2 Å². The van der Waals surface area contributed by atoms with Crippen LogP contribution >= 0.6 is 11.3 Å². The van der Waals surface area contributed by atoms with Gasteiger partial charge in [-0.15, -0.1) is 11.3 Å². The van der Waals surface area contributed by atoms with Crippen LogP contribution in [0.5, 0.6) is 5.75 Å². The van der Waals surface area contributed by atoms with Gasteiger partial charge >= 0.3 is 0 Å². The van der Waals surface area contributed by atoms with Crippen molar-refractivity contribution in [3.05, 3.63) is 35.5 Å². The number of aromatic nitrogens is 2. The van der Waals surface area contributed by atoms with E-state index in [4.69, 9.17) is 10.5 Å². The average molecular weight is 302 g/mol. The van der Waals surface area contributed by atoms with Crippen LogP contribution in [0.25, 0.3) is 10.1 Å². The molecule has 3 rings (SSSR count). The van der Waals surface area contributed by atoms with Crippen LogP contribution in [-0.4, -0.2) is 22.8 Å². The number of fused-ring (bicyclic) bond motifs is 1. The number of nitrogens with two attached hydrogens (primary N) is 1. The second-order valence-corrected chi connectivity index (χ2v) is 5.62. The Morgan fingerprint density at radius 3 is 2.95 bits per heavy atom. The molecule has 3 aromatic rings. The van der Waals surface area contributed by atoms with Crippen molar-refractivity contribution < 1.29 is 9.53 Å². The molecule has 0 unspecified atom stereocenters. The number of carbonyl (C=O) groups is 1. The van der Waals surface area contributed by atoms with Gasteiger partial charge in [-0.2, -0.15) is 5.10 Å². The minimum Gasteiger partial charge on any atom is -0.497 e. The Balaban J connectivity index is 1.96. The average Bonchev–Trinajstić information content (AvgIpc) is 3.02. The maximum Gasteiger partial charge on any atom is 0.267 e. The van der Waals surface area contributed by atoms with Gasteiger partial charge < -0.3 is 15.8 Å². The molecule has 0 bridgehead atoms. The second kappa shape index (κ2) is 5.10. The highest BCUT2D eigenvalue weighted by Crippen LogP contribution is 2.36. The topological polar surface area (TPSA) is 82.2 Å². The van der Waals surface area contributed by atoms with Crippen LogP contribution in [0.1, 0.15) is 9.67 Å². The fraction of sp³-hybridized carbons (Fsp3) is 0.143. The highest BCUT2D eigenvalue weighted by molar-refractivity contribution is 7.21. The number of nitrogens with zero attached hydrogens (tertiary/aromatic N) is 2. The van der Waals surface area contributed by atoms with Crippen molar-refractivity contribution in [1.82, 2.24) is 9.78 Å². The summed E-state index contributed by atoms with van der Waals surface area (Å²) in [6, 6.07) is 5.56. The number of hydrogen-bond donors (Lipinski definition) is 2. The number of anilines is 2. The molecule has 0 spiro atoms. The highest BCUT2D eigenvalue weighted by Gasteiger charge is 2.17. The Bertz CT molecular complexity index is 822. The number of carbonyl (C=O) groups excluding carboxylic acids is 1. The van der Waals surface area contributed by atoms with Gasteiger partial charge in [0, 0.05) is 23.3 Å². The number of nitrogens with one attached hydrogen (secondary N) is 1. The van der Waals surface area contributed by atoms with Gasteiger partial charge in [-0.3, -0.25) is 9.48 Å². The van der Waals surface area contributed by atoms with Crippen molar-refractivity contribution in [2.45, 2.75) is 0 Å². The van der Waals surface area contributed by atoms with Crippen LogP contribution in [0.4, 0.5) is 11.4 Å². The van der Waals surface area contributed by atoms with E-state index in [9.17, 15) is 4.79 Å². The lowest BCUT2D eigenvalue weighted by atomic mass is 10.2. The SMILES string of the molecule is COc1ccc2c(N)c(C(=O)Nc3cnn(C)c3)sc2c1. The van der Waals surface area contributed by atoms with Crippen LogP contribution in [0.3, 0.4) is 0 Å². The number of rotatable bonds is 3. The Morgan fingerprint density at radius 2 is 2.29 bits per heavy atom. The van der Waals surface area contributed by atoms with Crippen molar-refractivity contribution in [2.24, 2.45) is 7.05 Å². The maximum absolute atomic E-state index is 12.3. The normalized spacial score (nSPS) is 10.8. The monoisotopic (exact) mass is 302 g/mol. The predicted octanol–water partition coefficient (Wildman–Crippen LogP) is 2.48. The van der Waals surface area contributed by atoms with Gasteiger partial charge in [-0.1, -0.05) is 0 Å². The van der Waals surface area contributed by atoms with E-state index in [0.717, 1.165) is 15.8 Å². The van der Waals surface area contributed by atoms with Crippen molar-refractivity contribution in [1.29, 1.82) is 0 Å². The zero-order chi connectivity index (χ0) is 15.0. The molecule has 6 nitrogen and oxygen atoms in total. The smallest absolute Gasteiger partial charge is 0.267 e. The summed E-state index contributed by atoms with van der Waals surface area (Å²) in [5.41, 5.74) is 7.20. The van der Waals surface area contributed by atoms with E-state index in [1.165, 1.54) is 11.3 Å². The molecule has 1 aromatic carbocycles. The summed E-state index contributed by atoms with van der Waals surface area (Å²) in [6.45, 7) is 0. The fourth-order valence-corrected chi connectivity index (χ4v) is 3.11. The lowest BCUT2D eigenvalue weighted by Crippen LogP contribution is -2.11. The molecule has 0 aliphatic rings. The molecule has 0 fully saturated rings. The molecule has 0 aliphatic heterocycles. The number of amides is 1. The molecule has 0 aliphatic carbocycles. The second-order valence-electron chi connectivity index (χ2n) is 4.56. The molecule has 1 amide bonds. The van der Waals surface area contributed by atoms with E-state index in [-0.39, 0.29) is 5.91 Å². The largest absolute Gasteiger partial charge is 0.497 e. The summed E-state index contributed by atoms with van der Waals surface area (Å²) in [4.78, 5) is 12.8. The Kier molecular flexibility index (Phi) is 3.26. The molecule has 2 aromatic heterocycles. The first-order chi connectivity index (χ1) is 10.1. The minimum absolute atomic E-state index is 0.235. The van der Waals surface area contributed by atoms with Crippen molar-refractivity contribution in [3.63, 3.8) is 0 Å². The molecule has 0 atom stereocenters. The zero-order valence-corrected chi connectivity index (χ0v) is 12.4. The fourth-order valence-electron chi connectivity index (χ4n) is 2.07. The van der Waals surface area contributed by atoms with Crippen LogP contribution < -0.4 is 15.8 Å². The van der Waals surface area contributed by atoms with Crippen LogP contribution in [0, 0.1) is 0 Å². The predicted molar refractivity (Wildman–Crippen MR) is 84.0 cm³/mol. The van der Waals surface area contributed by atoms with Gasteiger partial charge in [-0.25, -0.2) is 0 Å². The van der Waals surface area contributed by atoms with Crippen molar-refractivity contribution >= 4 is 38.7 Å². The summed E-state index contributed by atoms with van der Waals surface area (Å²) >= 11 is 1.34. The van der Waals surface area contributed by atoms with E-state index in [1.54, 1.807) is 31.2 Å². The number of thiophene rings is 1. The maximum atomic E-state index is 12.3. The number of ether oxygens (including phenoxy) is 1. The minimum atomic E-state index is -0.235. The Labute approximate surface area is 125 Å². The summed E-state index contributed by atoms with van der Waals surface area (Å²) in [5.74, 6) is 0.503.